The molecule has 20 heavy (non-hydrogen) atoms. The summed E-state index contributed by atoms with van der Waals surface area (Å²) in [5.41, 5.74) is 6.95. The van der Waals surface area contributed by atoms with Gasteiger partial charge in [-0.2, -0.15) is 0 Å². The van der Waals surface area contributed by atoms with E-state index in [1.165, 1.54) is 0 Å². The Balaban J connectivity index is 1.69. The van der Waals surface area contributed by atoms with Gasteiger partial charge in [0.15, 0.2) is 5.11 Å². The van der Waals surface area contributed by atoms with Gasteiger partial charge in [0.2, 0.25) is 0 Å². The van der Waals surface area contributed by atoms with Crippen molar-refractivity contribution in [2.45, 2.75) is 25.9 Å². The molecule has 0 aromatic heterocycles. The Morgan fingerprint density at radius 2 is 2.10 bits per heavy atom. The Morgan fingerprint density at radius 1 is 1.35 bits per heavy atom. The molecular formula is C14H19N3O2S. The van der Waals surface area contributed by atoms with Gasteiger partial charge in [-0.25, -0.2) is 0 Å². The van der Waals surface area contributed by atoms with Crippen LogP contribution in [-0.2, 0) is 4.74 Å². The number of hydrazine groups is 1. The zero-order chi connectivity index (χ0) is 14.4. The van der Waals surface area contributed by atoms with Crippen LogP contribution in [0, 0.1) is 6.92 Å². The molecule has 1 saturated heterocycles. The standard InChI is InChI=1S/C14H19N3O2S/c1-10-4-6-11(7-5-10)13(18)16-17-14(20)15-9-12-3-2-8-19-12/h4-7,12H,2-3,8-9H2,1H3,(H,16,18)(H2,15,17,20). The number of rotatable bonds is 3. The highest BCUT2D eigenvalue weighted by atomic mass is 32.1. The summed E-state index contributed by atoms with van der Waals surface area (Å²) in [5.74, 6) is -0.216. The summed E-state index contributed by atoms with van der Waals surface area (Å²) in [6, 6.07) is 7.33. The van der Waals surface area contributed by atoms with Gasteiger partial charge in [0, 0.05) is 18.7 Å². The predicted molar refractivity (Wildman–Crippen MR) is 81.4 cm³/mol. The van der Waals surface area contributed by atoms with E-state index in [1.807, 2.05) is 19.1 Å². The minimum Gasteiger partial charge on any atom is -0.376 e. The summed E-state index contributed by atoms with van der Waals surface area (Å²) < 4.78 is 5.47. The van der Waals surface area contributed by atoms with E-state index in [1.54, 1.807) is 12.1 Å². The van der Waals surface area contributed by atoms with Crippen LogP contribution in [0.3, 0.4) is 0 Å². The van der Waals surface area contributed by atoms with Crippen LogP contribution in [0.2, 0.25) is 0 Å². The number of benzene rings is 1. The average molecular weight is 293 g/mol. The number of carbonyl (C=O) groups is 1. The van der Waals surface area contributed by atoms with Gasteiger partial charge < -0.3 is 10.1 Å². The molecular weight excluding hydrogens is 274 g/mol. The number of hydrogen-bond donors (Lipinski definition) is 3. The quantitative estimate of drug-likeness (QED) is 0.579. The molecule has 3 N–H and O–H groups in total. The van der Waals surface area contributed by atoms with Crippen molar-refractivity contribution in [2.75, 3.05) is 13.2 Å². The molecule has 0 spiro atoms. The van der Waals surface area contributed by atoms with Crippen LogP contribution in [0.25, 0.3) is 0 Å². The molecule has 1 amide bonds. The molecule has 1 aliphatic rings. The van der Waals surface area contributed by atoms with E-state index in [4.69, 9.17) is 17.0 Å². The third-order valence-electron chi connectivity index (χ3n) is 3.12. The van der Waals surface area contributed by atoms with Gasteiger partial charge in [0.1, 0.15) is 0 Å². The highest BCUT2D eigenvalue weighted by Crippen LogP contribution is 2.10. The minimum atomic E-state index is -0.216. The third-order valence-corrected chi connectivity index (χ3v) is 3.36. The number of ether oxygens (including phenoxy) is 1. The second-order valence-electron chi connectivity index (χ2n) is 4.79. The fourth-order valence-corrected chi connectivity index (χ4v) is 2.08. The van der Waals surface area contributed by atoms with E-state index in [2.05, 4.69) is 16.2 Å². The van der Waals surface area contributed by atoms with E-state index < -0.39 is 0 Å². The number of thiocarbonyl (C=S) groups is 1. The van der Waals surface area contributed by atoms with Gasteiger partial charge in [-0.1, -0.05) is 17.7 Å². The van der Waals surface area contributed by atoms with Crippen LogP contribution < -0.4 is 16.2 Å². The van der Waals surface area contributed by atoms with Crippen molar-refractivity contribution in [1.82, 2.24) is 16.2 Å². The van der Waals surface area contributed by atoms with Gasteiger partial charge >= 0.3 is 0 Å². The fourth-order valence-electron chi connectivity index (χ4n) is 1.95. The maximum absolute atomic E-state index is 11.8. The van der Waals surface area contributed by atoms with E-state index in [0.29, 0.717) is 17.2 Å². The third kappa shape index (κ3) is 4.47. The highest BCUT2D eigenvalue weighted by molar-refractivity contribution is 7.80. The normalized spacial score (nSPS) is 17.6. The first kappa shape index (κ1) is 14.7. The van der Waals surface area contributed by atoms with E-state index >= 15 is 0 Å². The first-order valence-corrected chi connectivity index (χ1v) is 7.08. The van der Waals surface area contributed by atoms with Gasteiger partial charge in [0.05, 0.1) is 6.10 Å². The van der Waals surface area contributed by atoms with E-state index in [9.17, 15) is 4.79 Å². The topological polar surface area (TPSA) is 62.4 Å². The number of nitrogens with one attached hydrogen (secondary N) is 3. The van der Waals surface area contributed by atoms with Crippen LogP contribution in [0.1, 0.15) is 28.8 Å². The van der Waals surface area contributed by atoms with Gasteiger partial charge in [-0.15, -0.1) is 0 Å². The summed E-state index contributed by atoms with van der Waals surface area (Å²) in [6.45, 7) is 3.45. The molecule has 0 radical (unpaired) electrons. The van der Waals surface area contributed by atoms with Crippen molar-refractivity contribution >= 4 is 23.2 Å². The summed E-state index contributed by atoms with van der Waals surface area (Å²) in [7, 11) is 0. The molecule has 0 saturated carbocycles. The minimum absolute atomic E-state index is 0.211. The smallest absolute Gasteiger partial charge is 0.269 e. The molecule has 1 fully saturated rings. The second kappa shape index (κ2) is 7.21. The van der Waals surface area contributed by atoms with Crippen LogP contribution in [0.15, 0.2) is 24.3 Å². The number of aryl methyl sites for hydroxylation is 1. The molecule has 1 aliphatic heterocycles. The molecule has 108 valence electrons. The molecule has 1 aromatic carbocycles. The van der Waals surface area contributed by atoms with Crippen LogP contribution in [0.4, 0.5) is 0 Å². The fraction of sp³-hybridized carbons (Fsp3) is 0.429. The van der Waals surface area contributed by atoms with Gasteiger partial charge in [-0.3, -0.25) is 15.6 Å². The van der Waals surface area contributed by atoms with E-state index in [-0.39, 0.29) is 12.0 Å². The molecule has 1 unspecified atom stereocenters. The molecule has 6 heteroatoms. The largest absolute Gasteiger partial charge is 0.376 e. The summed E-state index contributed by atoms with van der Waals surface area (Å²) in [5, 5.41) is 3.41. The Hall–Kier alpha value is -1.66. The zero-order valence-corrected chi connectivity index (χ0v) is 12.3. The lowest BCUT2D eigenvalue weighted by Gasteiger charge is -2.14. The molecule has 2 rings (SSSR count). The Kier molecular flexibility index (Phi) is 5.31. The van der Waals surface area contributed by atoms with Crippen molar-refractivity contribution in [3.63, 3.8) is 0 Å². The SMILES string of the molecule is Cc1ccc(C(=O)NNC(=S)NCC2CCCO2)cc1. The molecule has 5 nitrogen and oxygen atoms in total. The van der Waals surface area contributed by atoms with Crippen molar-refractivity contribution < 1.29 is 9.53 Å². The molecule has 1 atom stereocenters. The number of hydrogen-bond acceptors (Lipinski definition) is 3. The van der Waals surface area contributed by atoms with E-state index in [0.717, 1.165) is 25.0 Å². The summed E-state index contributed by atoms with van der Waals surface area (Å²) in [4.78, 5) is 11.8. The molecule has 1 aromatic rings. The van der Waals surface area contributed by atoms with Crippen LogP contribution in [-0.4, -0.2) is 30.3 Å². The lowest BCUT2D eigenvalue weighted by molar-refractivity contribution is 0.0943. The molecule has 0 aliphatic carbocycles. The Bertz CT molecular complexity index is 470. The average Bonchev–Trinajstić information content (AvgIpc) is 2.96. The maximum atomic E-state index is 11.8. The monoisotopic (exact) mass is 293 g/mol. The highest BCUT2D eigenvalue weighted by Gasteiger charge is 2.15. The number of carbonyl (C=O) groups excluding carboxylic acids is 1. The van der Waals surface area contributed by atoms with Gasteiger partial charge in [0.25, 0.3) is 5.91 Å². The van der Waals surface area contributed by atoms with Crippen molar-refractivity contribution in [3.05, 3.63) is 35.4 Å². The first-order chi connectivity index (χ1) is 9.65. The first-order valence-electron chi connectivity index (χ1n) is 6.67. The molecule has 0 bridgehead atoms. The summed E-state index contributed by atoms with van der Waals surface area (Å²) in [6.07, 6.45) is 2.35. The predicted octanol–water partition coefficient (Wildman–Crippen LogP) is 1.28. The lowest BCUT2D eigenvalue weighted by Crippen LogP contribution is -2.48. The number of amides is 1. The van der Waals surface area contributed by atoms with Crippen LogP contribution in [0.5, 0.6) is 0 Å². The summed E-state index contributed by atoms with van der Waals surface area (Å²) >= 11 is 5.09. The van der Waals surface area contributed by atoms with Gasteiger partial charge in [-0.05, 0) is 44.1 Å². The van der Waals surface area contributed by atoms with Crippen molar-refractivity contribution in [3.8, 4) is 0 Å². The Labute approximate surface area is 124 Å². The van der Waals surface area contributed by atoms with Crippen LogP contribution >= 0.6 is 12.2 Å². The Morgan fingerprint density at radius 3 is 2.75 bits per heavy atom. The maximum Gasteiger partial charge on any atom is 0.269 e. The zero-order valence-electron chi connectivity index (χ0n) is 11.4. The van der Waals surface area contributed by atoms with Crippen molar-refractivity contribution in [2.24, 2.45) is 0 Å². The van der Waals surface area contributed by atoms with Crippen molar-refractivity contribution in [1.29, 1.82) is 0 Å². The lowest BCUT2D eigenvalue weighted by atomic mass is 10.1. The second-order valence-corrected chi connectivity index (χ2v) is 5.20. The molecule has 1 heterocycles.